The monoisotopic (exact) mass is 412 g/mol. The fourth-order valence-corrected chi connectivity index (χ4v) is 3.07. The summed E-state index contributed by atoms with van der Waals surface area (Å²) in [6.07, 6.45) is 0.976. The summed E-state index contributed by atoms with van der Waals surface area (Å²) in [5.41, 5.74) is 2.19. The van der Waals surface area contributed by atoms with Crippen LogP contribution in [0, 0.1) is 11.3 Å². The van der Waals surface area contributed by atoms with Crippen LogP contribution in [0.5, 0.6) is 5.75 Å². The van der Waals surface area contributed by atoms with Crippen LogP contribution in [0.4, 0.5) is 9.18 Å². The summed E-state index contributed by atoms with van der Waals surface area (Å²) in [7, 11) is 0. The van der Waals surface area contributed by atoms with Gasteiger partial charge in [0.05, 0.1) is 11.6 Å². The van der Waals surface area contributed by atoms with E-state index in [1.165, 1.54) is 0 Å². The van der Waals surface area contributed by atoms with Gasteiger partial charge in [-0.1, -0.05) is 24.3 Å². The number of benzene rings is 2. The highest BCUT2D eigenvalue weighted by atomic mass is 19.1. The van der Waals surface area contributed by atoms with E-state index in [9.17, 15) is 14.4 Å². The Balaban J connectivity index is 2.07. The highest BCUT2D eigenvalue weighted by Crippen LogP contribution is 2.26. The van der Waals surface area contributed by atoms with Crippen LogP contribution >= 0.6 is 0 Å². The summed E-state index contributed by atoms with van der Waals surface area (Å²) in [5.74, 6) is 0.733. The number of carbonyl (C=O) groups is 1. The number of hydrogen-bond donors (Lipinski definition) is 1. The second-order valence-corrected chi connectivity index (χ2v) is 8.04. The fraction of sp³-hybridized carbons (Fsp3) is 0.417. The van der Waals surface area contributed by atoms with E-state index in [0.717, 1.165) is 17.5 Å². The largest absolute Gasteiger partial charge is 0.491 e. The minimum Gasteiger partial charge on any atom is -0.491 e. The average molecular weight is 413 g/mol. The summed E-state index contributed by atoms with van der Waals surface area (Å²) >= 11 is 0. The molecule has 1 amide bonds. The number of carbonyl (C=O) groups excluding carboxylic acids is 1. The molecule has 160 valence electrons. The fourth-order valence-electron chi connectivity index (χ4n) is 3.07. The smallest absolute Gasteiger partial charge is 0.407 e. The van der Waals surface area contributed by atoms with Crippen molar-refractivity contribution >= 4 is 6.09 Å². The Hall–Kier alpha value is -3.07. The first-order valence-corrected chi connectivity index (χ1v) is 10.1. The summed E-state index contributed by atoms with van der Waals surface area (Å²) in [6.45, 7) is 5.44. The first kappa shape index (κ1) is 23.2. The summed E-state index contributed by atoms with van der Waals surface area (Å²) in [4.78, 5) is 11.9. The number of alkyl carbamates (subject to hydrolysis) is 1. The lowest BCUT2D eigenvalue weighted by atomic mass is 9.88. The molecule has 2 aromatic carbocycles. The molecule has 0 aliphatic carbocycles. The molecule has 0 aromatic heterocycles. The molecule has 0 saturated heterocycles. The van der Waals surface area contributed by atoms with Crippen molar-refractivity contribution in [2.24, 2.45) is 0 Å². The standard InChI is InChI=1S/C24H29FN2O3/c1-24(2,3)30-23(28)27-13-11-21(20-6-4-5-19(16-20)17-26)15-18-7-9-22(10-8-18)29-14-12-25/h4-10,16,21H,11-15H2,1-3H3,(H,27,28). The minimum atomic E-state index is -0.545. The molecule has 0 bridgehead atoms. The lowest BCUT2D eigenvalue weighted by Crippen LogP contribution is -2.33. The lowest BCUT2D eigenvalue weighted by Gasteiger charge is -2.21. The maximum absolute atomic E-state index is 12.3. The third-order valence-electron chi connectivity index (χ3n) is 4.40. The third kappa shape index (κ3) is 8.12. The van der Waals surface area contributed by atoms with Gasteiger partial charge in [0, 0.05) is 6.54 Å². The summed E-state index contributed by atoms with van der Waals surface area (Å²) in [5, 5.41) is 12.0. The normalized spacial score (nSPS) is 12.0. The molecule has 0 saturated carbocycles. The number of halogens is 1. The molecule has 0 aliphatic heterocycles. The van der Waals surface area contributed by atoms with Crippen LogP contribution < -0.4 is 10.1 Å². The van der Waals surface area contributed by atoms with E-state index in [2.05, 4.69) is 11.4 Å². The molecule has 0 heterocycles. The molecule has 5 nitrogen and oxygen atoms in total. The maximum Gasteiger partial charge on any atom is 0.407 e. The SMILES string of the molecule is CC(C)(C)OC(=O)NCCC(Cc1ccc(OCCF)cc1)c1cccc(C#N)c1. The zero-order valence-electron chi connectivity index (χ0n) is 17.8. The zero-order chi connectivity index (χ0) is 22.0. The van der Waals surface area contributed by atoms with Gasteiger partial charge in [-0.05, 0) is 74.9 Å². The summed E-state index contributed by atoms with van der Waals surface area (Å²) < 4.78 is 22.8. The molecule has 0 aliphatic rings. The van der Waals surface area contributed by atoms with Crippen molar-refractivity contribution < 1.29 is 18.7 Å². The van der Waals surface area contributed by atoms with Gasteiger partial charge >= 0.3 is 6.09 Å². The van der Waals surface area contributed by atoms with E-state index in [1.54, 1.807) is 6.07 Å². The average Bonchev–Trinajstić information content (AvgIpc) is 2.71. The molecule has 30 heavy (non-hydrogen) atoms. The highest BCUT2D eigenvalue weighted by molar-refractivity contribution is 5.67. The predicted octanol–water partition coefficient (Wildman–Crippen LogP) is 5.15. The van der Waals surface area contributed by atoms with E-state index >= 15 is 0 Å². The van der Waals surface area contributed by atoms with Crippen LogP contribution in [-0.4, -0.2) is 31.5 Å². The quantitative estimate of drug-likeness (QED) is 0.618. The van der Waals surface area contributed by atoms with Gasteiger partial charge in [-0.2, -0.15) is 5.26 Å². The van der Waals surface area contributed by atoms with Crippen LogP contribution in [0.1, 0.15) is 49.8 Å². The van der Waals surface area contributed by atoms with E-state index in [4.69, 9.17) is 9.47 Å². The first-order valence-electron chi connectivity index (χ1n) is 10.1. The van der Waals surface area contributed by atoms with Crippen LogP contribution in [0.3, 0.4) is 0 Å². The van der Waals surface area contributed by atoms with Gasteiger partial charge in [-0.3, -0.25) is 0 Å². The molecule has 1 N–H and O–H groups in total. The first-order chi connectivity index (χ1) is 14.3. The molecular formula is C24H29FN2O3. The highest BCUT2D eigenvalue weighted by Gasteiger charge is 2.17. The predicted molar refractivity (Wildman–Crippen MR) is 114 cm³/mol. The van der Waals surface area contributed by atoms with Crippen molar-refractivity contribution in [1.29, 1.82) is 5.26 Å². The molecule has 1 atom stereocenters. The Morgan fingerprint density at radius 1 is 1.20 bits per heavy atom. The molecule has 1 unspecified atom stereocenters. The lowest BCUT2D eigenvalue weighted by molar-refractivity contribution is 0.0526. The molecular weight excluding hydrogens is 383 g/mol. The topological polar surface area (TPSA) is 71.3 Å². The van der Waals surface area contributed by atoms with E-state index in [0.29, 0.717) is 24.3 Å². The van der Waals surface area contributed by atoms with Crippen molar-refractivity contribution in [1.82, 2.24) is 5.32 Å². The Labute approximate surface area is 177 Å². The van der Waals surface area contributed by atoms with E-state index < -0.39 is 18.4 Å². The third-order valence-corrected chi connectivity index (χ3v) is 4.40. The van der Waals surface area contributed by atoms with Gasteiger partial charge in [0.15, 0.2) is 0 Å². The van der Waals surface area contributed by atoms with E-state index in [-0.39, 0.29) is 12.5 Å². The van der Waals surface area contributed by atoms with Crippen molar-refractivity contribution in [2.75, 3.05) is 19.8 Å². The second-order valence-electron chi connectivity index (χ2n) is 8.04. The molecule has 2 rings (SSSR count). The van der Waals surface area contributed by atoms with Crippen LogP contribution in [-0.2, 0) is 11.2 Å². The van der Waals surface area contributed by atoms with Crippen LogP contribution in [0.25, 0.3) is 0 Å². The van der Waals surface area contributed by atoms with Crippen molar-refractivity contribution in [3.05, 3.63) is 65.2 Å². The minimum absolute atomic E-state index is 0.0409. The number of nitriles is 1. The Morgan fingerprint density at radius 3 is 2.57 bits per heavy atom. The number of hydrogen-bond acceptors (Lipinski definition) is 4. The van der Waals surface area contributed by atoms with Gasteiger partial charge in [0.25, 0.3) is 0 Å². The summed E-state index contributed by atoms with van der Waals surface area (Å²) in [6, 6.07) is 17.3. The van der Waals surface area contributed by atoms with Gasteiger partial charge in [0.1, 0.15) is 24.6 Å². The molecule has 0 radical (unpaired) electrons. The molecule has 6 heteroatoms. The second kappa shape index (κ2) is 11.2. The van der Waals surface area contributed by atoms with Crippen molar-refractivity contribution in [2.45, 2.75) is 45.1 Å². The number of alkyl halides is 1. The zero-order valence-corrected chi connectivity index (χ0v) is 17.8. The molecule has 2 aromatic rings. The molecule has 0 fully saturated rings. The van der Waals surface area contributed by atoms with Crippen molar-refractivity contribution in [3.63, 3.8) is 0 Å². The Morgan fingerprint density at radius 2 is 1.93 bits per heavy atom. The number of nitrogens with zero attached hydrogens (tertiary/aromatic N) is 1. The van der Waals surface area contributed by atoms with Crippen LogP contribution in [0.2, 0.25) is 0 Å². The number of nitrogens with one attached hydrogen (secondary N) is 1. The van der Waals surface area contributed by atoms with Gasteiger partial charge < -0.3 is 14.8 Å². The Bertz CT molecular complexity index is 854. The number of rotatable bonds is 9. The van der Waals surface area contributed by atoms with Gasteiger partial charge in [-0.25, -0.2) is 9.18 Å². The molecule has 0 spiro atoms. The van der Waals surface area contributed by atoms with Crippen molar-refractivity contribution in [3.8, 4) is 11.8 Å². The van der Waals surface area contributed by atoms with Gasteiger partial charge in [0.2, 0.25) is 0 Å². The maximum atomic E-state index is 12.3. The number of amides is 1. The van der Waals surface area contributed by atoms with Gasteiger partial charge in [-0.15, -0.1) is 0 Å². The van der Waals surface area contributed by atoms with E-state index in [1.807, 2.05) is 63.2 Å². The van der Waals surface area contributed by atoms with Crippen LogP contribution in [0.15, 0.2) is 48.5 Å². The Kier molecular flexibility index (Phi) is 8.67. The number of ether oxygens (including phenoxy) is 2.